The first-order valence-corrected chi connectivity index (χ1v) is 7.32. The average molecular weight is 344 g/mol. The molecule has 4 nitrogen and oxygen atoms in total. The van der Waals surface area contributed by atoms with Gasteiger partial charge in [-0.3, -0.25) is 9.63 Å². The van der Waals surface area contributed by atoms with E-state index in [1.54, 1.807) is 12.1 Å². The number of fused-ring (bicyclic) bond motifs is 1. The number of hydrogen-bond acceptors (Lipinski definition) is 3. The topological polar surface area (TPSA) is 49.8 Å². The van der Waals surface area contributed by atoms with Crippen LogP contribution in [-0.4, -0.2) is 28.8 Å². The molecule has 1 amide bonds. The molecule has 3 atom stereocenters. The van der Waals surface area contributed by atoms with Crippen molar-refractivity contribution in [2.45, 2.75) is 31.4 Å². The molecule has 0 aromatic heterocycles. The van der Waals surface area contributed by atoms with Crippen LogP contribution in [0.3, 0.4) is 0 Å². The Bertz CT molecular complexity index is 567. The van der Waals surface area contributed by atoms with Gasteiger partial charge in [-0.05, 0) is 24.6 Å². The fourth-order valence-electron chi connectivity index (χ4n) is 3.51. The smallest absolute Gasteiger partial charge is 0.243 e. The summed E-state index contributed by atoms with van der Waals surface area (Å²) in [6.45, 7) is 1.72. The SMILES string of the molecule is CC(=O)N1OC[C@@H]2C[C@H](O)C[C@@]21c1cc(Br)ccc1F. The number of benzene rings is 1. The molecule has 108 valence electrons. The third-order valence-electron chi connectivity index (χ3n) is 4.23. The van der Waals surface area contributed by atoms with Crippen molar-refractivity contribution in [1.29, 1.82) is 0 Å². The van der Waals surface area contributed by atoms with E-state index in [9.17, 15) is 14.3 Å². The van der Waals surface area contributed by atoms with Crippen LogP contribution in [0.2, 0.25) is 0 Å². The summed E-state index contributed by atoms with van der Waals surface area (Å²) in [5.41, 5.74) is -0.500. The number of aliphatic hydroxyl groups excluding tert-OH is 1. The summed E-state index contributed by atoms with van der Waals surface area (Å²) in [5, 5.41) is 11.2. The number of carbonyl (C=O) groups is 1. The van der Waals surface area contributed by atoms with Crippen LogP contribution in [0.4, 0.5) is 4.39 Å². The Morgan fingerprint density at radius 3 is 3.05 bits per heavy atom. The van der Waals surface area contributed by atoms with Crippen molar-refractivity contribution in [1.82, 2.24) is 5.06 Å². The number of nitrogens with zero attached hydrogens (tertiary/aromatic N) is 1. The Labute approximate surface area is 124 Å². The fraction of sp³-hybridized carbons (Fsp3) is 0.500. The van der Waals surface area contributed by atoms with E-state index >= 15 is 0 Å². The van der Waals surface area contributed by atoms with Gasteiger partial charge >= 0.3 is 0 Å². The molecule has 1 aromatic carbocycles. The number of carbonyl (C=O) groups excluding carboxylic acids is 1. The molecule has 20 heavy (non-hydrogen) atoms. The molecular formula is C14H15BrFNO3. The highest BCUT2D eigenvalue weighted by Crippen LogP contribution is 2.53. The third-order valence-corrected chi connectivity index (χ3v) is 4.72. The fourth-order valence-corrected chi connectivity index (χ4v) is 3.87. The Hall–Kier alpha value is -0.980. The Morgan fingerprint density at radius 1 is 1.60 bits per heavy atom. The van der Waals surface area contributed by atoms with E-state index in [-0.39, 0.29) is 17.6 Å². The van der Waals surface area contributed by atoms with E-state index in [0.717, 1.165) is 4.47 Å². The number of aliphatic hydroxyl groups is 1. The second-order valence-electron chi connectivity index (χ2n) is 5.45. The molecule has 1 heterocycles. The molecule has 2 fully saturated rings. The van der Waals surface area contributed by atoms with Crippen LogP contribution in [0.1, 0.15) is 25.3 Å². The molecule has 3 rings (SSSR count). The largest absolute Gasteiger partial charge is 0.393 e. The molecule has 6 heteroatoms. The lowest BCUT2D eigenvalue weighted by Gasteiger charge is -2.36. The van der Waals surface area contributed by atoms with Crippen molar-refractivity contribution in [2.24, 2.45) is 5.92 Å². The highest BCUT2D eigenvalue weighted by Gasteiger charge is 2.59. The molecule has 1 aromatic rings. The molecule has 0 unspecified atom stereocenters. The van der Waals surface area contributed by atoms with E-state index in [1.807, 2.05) is 0 Å². The van der Waals surface area contributed by atoms with Gasteiger partial charge in [-0.1, -0.05) is 15.9 Å². The zero-order chi connectivity index (χ0) is 14.5. The average Bonchev–Trinajstić information content (AvgIpc) is 2.86. The summed E-state index contributed by atoms with van der Waals surface area (Å²) in [6.07, 6.45) is 0.254. The van der Waals surface area contributed by atoms with Gasteiger partial charge in [0.1, 0.15) is 11.4 Å². The first kappa shape index (κ1) is 14.0. The predicted molar refractivity (Wildman–Crippen MR) is 73.0 cm³/mol. The van der Waals surface area contributed by atoms with Gasteiger partial charge in [0.25, 0.3) is 0 Å². The molecule has 1 aliphatic carbocycles. The van der Waals surface area contributed by atoms with Gasteiger partial charge in [-0.2, -0.15) is 0 Å². The second kappa shape index (κ2) is 4.79. The standard InChI is InChI=1S/C14H15BrFNO3/c1-8(18)17-14(6-11(19)4-9(14)7-20-17)12-5-10(15)2-3-13(12)16/h2-3,5,9,11,19H,4,6-7H2,1H3/t9-,11-,14-/m0/s1. The first-order valence-electron chi connectivity index (χ1n) is 6.52. The van der Waals surface area contributed by atoms with Crippen LogP contribution >= 0.6 is 15.9 Å². The molecule has 1 aliphatic heterocycles. The molecule has 0 spiro atoms. The van der Waals surface area contributed by atoms with E-state index in [4.69, 9.17) is 4.84 Å². The van der Waals surface area contributed by atoms with Gasteiger partial charge in [0, 0.05) is 29.3 Å². The highest BCUT2D eigenvalue weighted by molar-refractivity contribution is 9.10. The second-order valence-corrected chi connectivity index (χ2v) is 6.36. The minimum atomic E-state index is -0.904. The lowest BCUT2D eigenvalue weighted by molar-refractivity contribution is -0.191. The van der Waals surface area contributed by atoms with Gasteiger partial charge in [-0.25, -0.2) is 9.45 Å². The van der Waals surface area contributed by atoms with E-state index in [0.29, 0.717) is 25.0 Å². The minimum absolute atomic E-state index is 0.0924. The maximum absolute atomic E-state index is 14.3. The highest BCUT2D eigenvalue weighted by atomic mass is 79.9. The maximum Gasteiger partial charge on any atom is 0.243 e. The Balaban J connectivity index is 2.18. The molecule has 2 aliphatic rings. The maximum atomic E-state index is 14.3. The molecule has 1 N–H and O–H groups in total. The normalized spacial score (nSPS) is 32.5. The lowest BCUT2D eigenvalue weighted by Crippen LogP contribution is -2.45. The zero-order valence-electron chi connectivity index (χ0n) is 11.0. The van der Waals surface area contributed by atoms with Gasteiger partial charge in [0.2, 0.25) is 5.91 Å². The summed E-state index contributed by atoms with van der Waals surface area (Å²) in [7, 11) is 0. The van der Waals surface area contributed by atoms with Crippen LogP contribution in [0.25, 0.3) is 0 Å². The number of amides is 1. The quantitative estimate of drug-likeness (QED) is 0.851. The van der Waals surface area contributed by atoms with Crippen molar-refractivity contribution in [3.63, 3.8) is 0 Å². The van der Waals surface area contributed by atoms with Gasteiger partial charge in [0.05, 0.1) is 12.7 Å². The Morgan fingerprint density at radius 2 is 2.35 bits per heavy atom. The van der Waals surface area contributed by atoms with E-state index < -0.39 is 11.6 Å². The van der Waals surface area contributed by atoms with Gasteiger partial charge < -0.3 is 5.11 Å². The molecular weight excluding hydrogens is 329 g/mol. The number of hydrogen-bond donors (Lipinski definition) is 1. The summed E-state index contributed by atoms with van der Waals surface area (Å²) in [5.74, 6) is -0.754. The van der Waals surface area contributed by atoms with Crippen LogP contribution < -0.4 is 0 Å². The van der Waals surface area contributed by atoms with E-state index in [1.165, 1.54) is 18.1 Å². The van der Waals surface area contributed by atoms with Crippen LogP contribution in [-0.2, 0) is 15.2 Å². The first-order chi connectivity index (χ1) is 9.45. The monoisotopic (exact) mass is 343 g/mol. The molecule has 0 radical (unpaired) electrons. The van der Waals surface area contributed by atoms with Gasteiger partial charge in [0.15, 0.2) is 0 Å². The summed E-state index contributed by atoms with van der Waals surface area (Å²) in [4.78, 5) is 17.3. The van der Waals surface area contributed by atoms with Gasteiger partial charge in [-0.15, -0.1) is 0 Å². The van der Waals surface area contributed by atoms with Crippen molar-refractivity contribution >= 4 is 21.8 Å². The predicted octanol–water partition coefficient (Wildman–Crippen LogP) is 2.35. The lowest BCUT2D eigenvalue weighted by atomic mass is 9.81. The number of rotatable bonds is 1. The Kier molecular flexibility index (Phi) is 3.35. The third kappa shape index (κ3) is 1.89. The van der Waals surface area contributed by atoms with Crippen molar-refractivity contribution < 1.29 is 19.1 Å². The summed E-state index contributed by atoms with van der Waals surface area (Å²) < 4.78 is 15.1. The van der Waals surface area contributed by atoms with Crippen LogP contribution in [0, 0.1) is 11.7 Å². The summed E-state index contributed by atoms with van der Waals surface area (Å²) in [6, 6.07) is 4.65. The number of halogens is 2. The molecule has 1 saturated heterocycles. The van der Waals surface area contributed by atoms with Crippen LogP contribution in [0.15, 0.2) is 22.7 Å². The van der Waals surface area contributed by atoms with Crippen molar-refractivity contribution in [3.05, 3.63) is 34.1 Å². The van der Waals surface area contributed by atoms with Crippen molar-refractivity contribution in [2.75, 3.05) is 6.61 Å². The molecule has 0 bridgehead atoms. The zero-order valence-corrected chi connectivity index (χ0v) is 12.6. The van der Waals surface area contributed by atoms with Crippen molar-refractivity contribution in [3.8, 4) is 0 Å². The number of hydroxylamine groups is 2. The molecule has 1 saturated carbocycles. The van der Waals surface area contributed by atoms with Crippen LogP contribution in [0.5, 0.6) is 0 Å². The minimum Gasteiger partial charge on any atom is -0.393 e. The summed E-state index contributed by atoms with van der Waals surface area (Å²) >= 11 is 3.34. The van der Waals surface area contributed by atoms with E-state index in [2.05, 4.69) is 15.9 Å².